The van der Waals surface area contributed by atoms with E-state index in [2.05, 4.69) is 29.5 Å². The molecule has 0 aliphatic rings. The van der Waals surface area contributed by atoms with Crippen molar-refractivity contribution in [3.8, 4) is 5.75 Å². The highest BCUT2D eigenvalue weighted by Gasteiger charge is 2.00. The first-order chi connectivity index (χ1) is 13.0. The first-order valence-electron chi connectivity index (χ1n) is 9.61. The Morgan fingerprint density at radius 1 is 1.22 bits per heavy atom. The largest absolute Gasteiger partial charge is 0.484 e. The van der Waals surface area contributed by atoms with Gasteiger partial charge in [0.25, 0.3) is 5.91 Å². The molecule has 1 aromatic rings. The van der Waals surface area contributed by atoms with Crippen molar-refractivity contribution in [3.63, 3.8) is 0 Å². The highest BCUT2D eigenvalue weighted by Crippen LogP contribution is 2.12. The minimum absolute atomic E-state index is 0.105. The minimum Gasteiger partial charge on any atom is -0.484 e. The maximum atomic E-state index is 10.7. The topological polar surface area (TPSA) is 98.0 Å². The number of rotatable bonds is 13. The summed E-state index contributed by atoms with van der Waals surface area (Å²) < 4.78 is 10.8. The molecule has 0 spiro atoms. The molecule has 0 unspecified atom stereocenters. The Labute approximate surface area is 162 Å². The van der Waals surface area contributed by atoms with Crippen LogP contribution in [0.3, 0.4) is 0 Å². The van der Waals surface area contributed by atoms with Crippen LogP contribution < -0.4 is 21.1 Å². The number of carbonyl (C=O) groups excluding carboxylic acids is 1. The number of hydrogen-bond donors (Lipinski definition) is 3. The Morgan fingerprint density at radius 2 is 1.96 bits per heavy atom. The fourth-order valence-corrected chi connectivity index (χ4v) is 2.25. The normalized spacial score (nSPS) is 11.5. The molecule has 0 saturated carbocycles. The van der Waals surface area contributed by atoms with Crippen molar-refractivity contribution < 1.29 is 14.3 Å². The van der Waals surface area contributed by atoms with Gasteiger partial charge in [-0.1, -0.05) is 26.0 Å². The molecular weight excluding hydrogens is 344 g/mol. The molecule has 0 aliphatic heterocycles. The van der Waals surface area contributed by atoms with Gasteiger partial charge in [-0.15, -0.1) is 0 Å². The van der Waals surface area contributed by atoms with Crippen LogP contribution in [0.2, 0.25) is 0 Å². The van der Waals surface area contributed by atoms with Crippen molar-refractivity contribution >= 4 is 11.9 Å². The number of nitrogens with zero attached hydrogens (tertiary/aromatic N) is 1. The third kappa shape index (κ3) is 11.9. The van der Waals surface area contributed by atoms with Crippen LogP contribution in [0.4, 0.5) is 0 Å². The molecule has 1 amide bonds. The van der Waals surface area contributed by atoms with Gasteiger partial charge in [-0.25, -0.2) is 0 Å². The van der Waals surface area contributed by atoms with Crippen LogP contribution in [-0.2, 0) is 16.0 Å². The summed E-state index contributed by atoms with van der Waals surface area (Å²) in [7, 11) is 0. The molecule has 0 aliphatic carbocycles. The standard InChI is InChI=1S/C20H34N4O3/c1-4-22-20(23-11-5-13-26-14-16(2)3)24-12-10-17-6-8-18(9-7-17)27-15-19(21)25/h6-9,16H,4-5,10-15H2,1-3H3,(H2,21,25)(H2,22,23,24). The minimum atomic E-state index is -0.481. The number of primary amides is 1. The average Bonchev–Trinajstić information content (AvgIpc) is 2.63. The third-order valence-electron chi connectivity index (χ3n) is 3.52. The number of aliphatic imine (C=N–C) groups is 1. The van der Waals surface area contributed by atoms with E-state index < -0.39 is 5.91 Å². The highest BCUT2D eigenvalue weighted by molar-refractivity contribution is 5.79. The lowest BCUT2D eigenvalue weighted by molar-refractivity contribution is -0.119. The molecule has 152 valence electrons. The number of carbonyl (C=O) groups is 1. The smallest absolute Gasteiger partial charge is 0.255 e. The van der Waals surface area contributed by atoms with Crippen molar-refractivity contribution in [2.24, 2.45) is 16.6 Å². The molecule has 1 aromatic carbocycles. The molecule has 4 N–H and O–H groups in total. The summed E-state index contributed by atoms with van der Waals surface area (Å²) in [5.74, 6) is 1.55. The van der Waals surface area contributed by atoms with Crippen LogP contribution in [0.15, 0.2) is 29.3 Å². The second-order valence-corrected chi connectivity index (χ2v) is 6.66. The number of nitrogens with one attached hydrogen (secondary N) is 2. The van der Waals surface area contributed by atoms with E-state index in [1.807, 2.05) is 31.2 Å². The molecule has 0 heterocycles. The maximum absolute atomic E-state index is 10.7. The Hall–Kier alpha value is -2.28. The van der Waals surface area contributed by atoms with Gasteiger partial charge in [0.05, 0.1) is 0 Å². The van der Waals surface area contributed by atoms with E-state index >= 15 is 0 Å². The Kier molecular flexibility index (Phi) is 11.7. The summed E-state index contributed by atoms with van der Waals surface area (Å²) in [4.78, 5) is 15.3. The summed E-state index contributed by atoms with van der Waals surface area (Å²) in [5, 5.41) is 6.59. The number of ether oxygens (including phenoxy) is 2. The van der Waals surface area contributed by atoms with Crippen LogP contribution in [0.25, 0.3) is 0 Å². The van der Waals surface area contributed by atoms with Crippen molar-refractivity contribution in [3.05, 3.63) is 29.8 Å². The first kappa shape index (κ1) is 22.8. The zero-order chi connectivity index (χ0) is 19.9. The van der Waals surface area contributed by atoms with Crippen molar-refractivity contribution in [2.75, 3.05) is 39.5 Å². The number of benzene rings is 1. The van der Waals surface area contributed by atoms with Crippen LogP contribution in [0.1, 0.15) is 32.8 Å². The predicted molar refractivity (Wildman–Crippen MR) is 109 cm³/mol. The number of amides is 1. The predicted octanol–water partition coefficient (Wildman–Crippen LogP) is 1.71. The van der Waals surface area contributed by atoms with Crippen LogP contribution in [0.5, 0.6) is 5.75 Å². The second kappa shape index (κ2) is 13.9. The van der Waals surface area contributed by atoms with E-state index in [4.69, 9.17) is 15.2 Å². The van der Waals surface area contributed by atoms with Crippen LogP contribution in [0, 0.1) is 5.92 Å². The molecule has 0 radical (unpaired) electrons. The SMILES string of the molecule is CCNC(=NCCCOCC(C)C)NCCc1ccc(OCC(N)=O)cc1. The molecular formula is C20H34N4O3. The van der Waals surface area contributed by atoms with Gasteiger partial charge in [0, 0.05) is 32.8 Å². The van der Waals surface area contributed by atoms with Gasteiger partial charge in [0.2, 0.25) is 0 Å². The van der Waals surface area contributed by atoms with E-state index in [0.29, 0.717) is 11.7 Å². The number of hydrogen-bond acceptors (Lipinski definition) is 4. The molecule has 7 nitrogen and oxygen atoms in total. The quantitative estimate of drug-likeness (QED) is 0.276. The Morgan fingerprint density at radius 3 is 2.59 bits per heavy atom. The van der Waals surface area contributed by atoms with E-state index in [1.165, 1.54) is 5.56 Å². The molecule has 0 aromatic heterocycles. The van der Waals surface area contributed by atoms with Gasteiger partial charge in [0.15, 0.2) is 12.6 Å². The van der Waals surface area contributed by atoms with Gasteiger partial charge >= 0.3 is 0 Å². The molecule has 27 heavy (non-hydrogen) atoms. The van der Waals surface area contributed by atoms with E-state index in [-0.39, 0.29) is 6.61 Å². The van der Waals surface area contributed by atoms with Gasteiger partial charge in [-0.2, -0.15) is 0 Å². The van der Waals surface area contributed by atoms with Crippen LogP contribution >= 0.6 is 0 Å². The Bertz CT molecular complexity index is 559. The van der Waals surface area contributed by atoms with E-state index in [1.54, 1.807) is 0 Å². The fourth-order valence-electron chi connectivity index (χ4n) is 2.25. The summed E-state index contributed by atoms with van der Waals surface area (Å²) in [6.45, 7) is 10.1. The zero-order valence-electron chi connectivity index (χ0n) is 16.8. The molecule has 0 fully saturated rings. The summed E-state index contributed by atoms with van der Waals surface area (Å²) in [5.41, 5.74) is 6.24. The molecule has 0 bridgehead atoms. The maximum Gasteiger partial charge on any atom is 0.255 e. The average molecular weight is 379 g/mol. The molecule has 0 atom stereocenters. The van der Waals surface area contributed by atoms with E-state index in [0.717, 1.165) is 51.6 Å². The van der Waals surface area contributed by atoms with Gasteiger partial charge in [-0.3, -0.25) is 9.79 Å². The number of nitrogens with two attached hydrogens (primary N) is 1. The van der Waals surface area contributed by atoms with Gasteiger partial charge in [0.1, 0.15) is 5.75 Å². The van der Waals surface area contributed by atoms with Crippen molar-refractivity contribution in [1.82, 2.24) is 10.6 Å². The molecule has 7 heteroatoms. The fraction of sp³-hybridized carbons (Fsp3) is 0.600. The summed E-state index contributed by atoms with van der Waals surface area (Å²) >= 11 is 0. The highest BCUT2D eigenvalue weighted by atomic mass is 16.5. The van der Waals surface area contributed by atoms with Crippen molar-refractivity contribution in [1.29, 1.82) is 0 Å². The summed E-state index contributed by atoms with van der Waals surface area (Å²) in [6.07, 6.45) is 1.77. The Balaban J connectivity index is 2.30. The van der Waals surface area contributed by atoms with Crippen molar-refractivity contribution in [2.45, 2.75) is 33.6 Å². The molecule has 1 rings (SSSR count). The lowest BCUT2D eigenvalue weighted by atomic mass is 10.1. The molecule has 0 saturated heterocycles. The number of guanidine groups is 1. The van der Waals surface area contributed by atoms with Gasteiger partial charge in [-0.05, 0) is 43.4 Å². The van der Waals surface area contributed by atoms with E-state index in [9.17, 15) is 4.79 Å². The van der Waals surface area contributed by atoms with Gasteiger partial charge < -0.3 is 25.8 Å². The monoisotopic (exact) mass is 378 g/mol. The van der Waals surface area contributed by atoms with Crippen LogP contribution in [-0.4, -0.2) is 51.3 Å². The first-order valence-corrected chi connectivity index (χ1v) is 9.61. The zero-order valence-corrected chi connectivity index (χ0v) is 16.8. The second-order valence-electron chi connectivity index (χ2n) is 6.66. The lowest BCUT2D eigenvalue weighted by Crippen LogP contribution is -2.38. The summed E-state index contributed by atoms with van der Waals surface area (Å²) in [6, 6.07) is 7.64. The third-order valence-corrected chi connectivity index (χ3v) is 3.52. The lowest BCUT2D eigenvalue weighted by Gasteiger charge is -2.12.